The molecule has 7 nitrogen and oxygen atoms in total. The molecule has 1 aromatic carbocycles. The van der Waals surface area contributed by atoms with Gasteiger partial charge in [-0.15, -0.1) is 0 Å². The molecule has 0 aliphatic heterocycles. The van der Waals surface area contributed by atoms with Crippen LogP contribution in [0.3, 0.4) is 0 Å². The lowest BCUT2D eigenvalue weighted by atomic mass is 9.96. The van der Waals surface area contributed by atoms with E-state index in [-0.39, 0.29) is 29.6 Å². The van der Waals surface area contributed by atoms with E-state index >= 15 is 0 Å². The monoisotopic (exact) mass is 527 g/mol. The summed E-state index contributed by atoms with van der Waals surface area (Å²) < 4.78 is 67.3. The Morgan fingerprint density at radius 1 is 0.946 bits per heavy atom. The van der Waals surface area contributed by atoms with Gasteiger partial charge in [0.05, 0.1) is 0 Å². The maximum absolute atomic E-state index is 13.8. The Morgan fingerprint density at radius 2 is 1.62 bits per heavy atom. The summed E-state index contributed by atoms with van der Waals surface area (Å²) >= 11 is 0. The molecule has 0 bridgehead atoms. The molecule has 3 rings (SSSR count). The van der Waals surface area contributed by atoms with Crippen molar-refractivity contribution in [3.8, 4) is 0 Å². The van der Waals surface area contributed by atoms with Gasteiger partial charge in [0, 0.05) is 43.0 Å². The quantitative estimate of drug-likeness (QED) is 0.284. The summed E-state index contributed by atoms with van der Waals surface area (Å²) in [5.74, 6) is -3.78. The van der Waals surface area contributed by atoms with Crippen LogP contribution in [-0.2, 0) is 12.1 Å². The zero-order valence-electron chi connectivity index (χ0n) is 20.7. The molecule has 1 saturated carbocycles. The highest BCUT2D eigenvalue weighted by Gasteiger charge is 2.37. The summed E-state index contributed by atoms with van der Waals surface area (Å²) in [6, 6.07) is 7.28. The average molecular weight is 528 g/mol. The first-order valence-corrected chi connectivity index (χ1v) is 11.9. The van der Waals surface area contributed by atoms with Gasteiger partial charge in [0.25, 0.3) is 11.8 Å². The number of urea groups is 1. The summed E-state index contributed by atoms with van der Waals surface area (Å²) in [7, 11) is 1.48. The van der Waals surface area contributed by atoms with Gasteiger partial charge in [0.2, 0.25) is 0 Å². The minimum atomic E-state index is -4.86. The van der Waals surface area contributed by atoms with Crippen LogP contribution in [0.5, 0.6) is 0 Å². The molecule has 3 unspecified atom stereocenters. The molecule has 2 aromatic rings. The minimum Gasteiger partial charge on any atom is -0.382 e. The third-order valence-corrected chi connectivity index (χ3v) is 6.35. The van der Waals surface area contributed by atoms with Crippen molar-refractivity contribution >= 4 is 23.3 Å². The fraction of sp³-hybridized carbons (Fsp3) is 0.480. The fourth-order valence-corrected chi connectivity index (χ4v) is 4.24. The van der Waals surface area contributed by atoms with Gasteiger partial charge in [-0.1, -0.05) is 13.0 Å². The molecule has 3 amide bonds. The Hall–Kier alpha value is -3.44. The average Bonchev–Trinajstić information content (AvgIpc) is 2.99. The summed E-state index contributed by atoms with van der Waals surface area (Å²) in [6.45, 7) is 2.48. The van der Waals surface area contributed by atoms with E-state index in [2.05, 4.69) is 26.3 Å². The molecule has 1 heterocycles. The molecular formula is C25H30F5N5O2. The van der Waals surface area contributed by atoms with Crippen LogP contribution in [0.15, 0.2) is 36.4 Å². The number of rotatable bonds is 6. The number of pyridine rings is 1. The molecule has 4 N–H and O–H groups in total. The lowest BCUT2D eigenvalue weighted by molar-refractivity contribution is -0.141. The second-order valence-electron chi connectivity index (χ2n) is 9.35. The lowest BCUT2D eigenvalue weighted by Crippen LogP contribution is -2.39. The predicted molar refractivity (Wildman–Crippen MR) is 130 cm³/mol. The molecule has 37 heavy (non-hydrogen) atoms. The van der Waals surface area contributed by atoms with Gasteiger partial charge in [-0.3, -0.25) is 4.79 Å². The van der Waals surface area contributed by atoms with E-state index < -0.39 is 29.5 Å². The molecular weight excluding hydrogens is 497 g/mol. The number of alkyl halides is 5. The number of carbonyl (C=O) groups is 2. The first kappa shape index (κ1) is 28.1. The normalized spacial score (nSPS) is 20.5. The zero-order valence-corrected chi connectivity index (χ0v) is 20.7. The number of anilines is 2. The van der Waals surface area contributed by atoms with Gasteiger partial charge in [0.15, 0.2) is 0 Å². The molecule has 3 atom stereocenters. The number of aromatic nitrogens is 1. The van der Waals surface area contributed by atoms with E-state index in [0.29, 0.717) is 43.9 Å². The molecule has 0 radical (unpaired) electrons. The van der Waals surface area contributed by atoms with Gasteiger partial charge in [-0.25, -0.2) is 9.78 Å². The molecule has 1 fully saturated rings. The lowest BCUT2D eigenvalue weighted by Gasteiger charge is -2.23. The van der Waals surface area contributed by atoms with Crippen LogP contribution in [0.4, 0.5) is 38.1 Å². The van der Waals surface area contributed by atoms with E-state index in [1.165, 1.54) is 7.05 Å². The molecule has 0 spiro atoms. The standard InChI is InChI=1S/C25H30F5N5O2/c1-14-7-8-16(32-18-12-20(24(2,26)27)35-21(13-18)25(28,29)30)9-10-19(14)34-22(36)15-5-4-6-17(11-15)33-23(37)31-3/h4-6,11-14,16,19H,7-10H2,1-3H3,(H,32,35)(H,34,36)(H2,31,33,37). The summed E-state index contributed by atoms with van der Waals surface area (Å²) in [5, 5.41) is 11.0. The molecule has 12 heteroatoms. The highest BCUT2D eigenvalue weighted by Crippen LogP contribution is 2.35. The number of carbonyl (C=O) groups excluding carboxylic acids is 2. The highest BCUT2D eigenvalue weighted by molar-refractivity contribution is 5.97. The van der Waals surface area contributed by atoms with Crippen molar-refractivity contribution in [2.24, 2.45) is 5.92 Å². The number of nitrogens with zero attached hydrogens (tertiary/aromatic N) is 1. The second-order valence-corrected chi connectivity index (χ2v) is 9.35. The van der Waals surface area contributed by atoms with Crippen LogP contribution in [-0.4, -0.2) is 36.1 Å². The van der Waals surface area contributed by atoms with E-state index in [1.54, 1.807) is 24.3 Å². The third kappa shape index (κ3) is 7.77. The van der Waals surface area contributed by atoms with Crippen LogP contribution < -0.4 is 21.3 Å². The number of nitrogens with one attached hydrogen (secondary N) is 4. The summed E-state index contributed by atoms with van der Waals surface area (Å²) in [4.78, 5) is 27.5. The van der Waals surface area contributed by atoms with Gasteiger partial charge >= 0.3 is 12.2 Å². The van der Waals surface area contributed by atoms with Crippen LogP contribution in [0.2, 0.25) is 0 Å². The topological polar surface area (TPSA) is 95.2 Å². The van der Waals surface area contributed by atoms with Crippen molar-refractivity contribution < 1.29 is 31.5 Å². The van der Waals surface area contributed by atoms with Crippen molar-refractivity contribution in [3.63, 3.8) is 0 Å². The van der Waals surface area contributed by atoms with E-state index in [4.69, 9.17) is 0 Å². The van der Waals surface area contributed by atoms with Crippen LogP contribution in [0.1, 0.15) is 61.3 Å². The van der Waals surface area contributed by atoms with Crippen LogP contribution in [0, 0.1) is 5.92 Å². The predicted octanol–water partition coefficient (Wildman–Crippen LogP) is 5.75. The maximum atomic E-state index is 13.8. The first-order chi connectivity index (χ1) is 17.3. The number of amides is 3. The molecule has 1 aromatic heterocycles. The van der Waals surface area contributed by atoms with Crippen LogP contribution >= 0.6 is 0 Å². The summed E-state index contributed by atoms with van der Waals surface area (Å²) in [6.07, 6.45) is -2.57. The molecule has 202 valence electrons. The molecule has 1 aliphatic rings. The number of halogens is 5. The molecule has 0 saturated heterocycles. The van der Waals surface area contributed by atoms with Crippen molar-refractivity contribution in [2.75, 3.05) is 17.7 Å². The van der Waals surface area contributed by atoms with Gasteiger partial charge in [0.1, 0.15) is 11.4 Å². The zero-order chi connectivity index (χ0) is 27.4. The third-order valence-electron chi connectivity index (χ3n) is 6.35. The number of hydrogen-bond donors (Lipinski definition) is 4. The van der Waals surface area contributed by atoms with Crippen molar-refractivity contribution in [2.45, 2.75) is 63.7 Å². The smallest absolute Gasteiger partial charge is 0.382 e. The van der Waals surface area contributed by atoms with E-state index in [0.717, 1.165) is 12.1 Å². The Morgan fingerprint density at radius 3 is 2.27 bits per heavy atom. The highest BCUT2D eigenvalue weighted by atomic mass is 19.4. The number of hydrogen-bond acceptors (Lipinski definition) is 4. The Kier molecular flexibility index (Phi) is 8.60. The van der Waals surface area contributed by atoms with Gasteiger partial charge < -0.3 is 21.3 Å². The minimum absolute atomic E-state index is 0.0700. The maximum Gasteiger partial charge on any atom is 0.433 e. The largest absolute Gasteiger partial charge is 0.433 e. The van der Waals surface area contributed by atoms with Crippen molar-refractivity contribution in [1.82, 2.24) is 15.6 Å². The van der Waals surface area contributed by atoms with Gasteiger partial charge in [-0.2, -0.15) is 22.0 Å². The van der Waals surface area contributed by atoms with Crippen molar-refractivity contribution in [3.05, 3.63) is 53.3 Å². The van der Waals surface area contributed by atoms with Crippen LogP contribution in [0.25, 0.3) is 0 Å². The fourth-order valence-electron chi connectivity index (χ4n) is 4.24. The second kappa shape index (κ2) is 11.3. The Labute approximate surface area is 211 Å². The summed E-state index contributed by atoms with van der Waals surface area (Å²) in [5.41, 5.74) is -1.58. The number of benzene rings is 1. The van der Waals surface area contributed by atoms with E-state index in [9.17, 15) is 31.5 Å². The van der Waals surface area contributed by atoms with Crippen molar-refractivity contribution in [1.29, 1.82) is 0 Å². The Balaban J connectivity index is 1.68. The SMILES string of the molecule is CNC(=O)Nc1cccc(C(=O)NC2CCC(Nc3cc(C(C)(F)F)nc(C(F)(F)F)c3)CCC2C)c1. The Bertz CT molecular complexity index is 1090. The van der Waals surface area contributed by atoms with Gasteiger partial charge in [-0.05, 0) is 61.9 Å². The first-order valence-electron chi connectivity index (χ1n) is 11.9. The molecule has 1 aliphatic carbocycles. The van der Waals surface area contributed by atoms with E-state index in [1.807, 2.05) is 6.92 Å².